The Balaban J connectivity index is 0.000000218. The van der Waals surface area contributed by atoms with Gasteiger partial charge in [0.2, 0.25) is 6.85 Å². The van der Waals surface area contributed by atoms with Crippen LogP contribution in [0.25, 0.3) is 0 Å². The number of rotatable bonds is 0. The maximum absolute atomic E-state index is 7.65. The summed E-state index contributed by atoms with van der Waals surface area (Å²) < 4.78 is 0. The summed E-state index contributed by atoms with van der Waals surface area (Å²) >= 11 is 9.32. The minimum atomic E-state index is -1.68. The first-order valence-corrected chi connectivity index (χ1v) is 6.05. The molecule has 0 aliphatic heterocycles. The van der Waals surface area contributed by atoms with Crippen LogP contribution in [0.2, 0.25) is 0 Å². The molecule has 0 heterocycles. The molecule has 1 aromatic rings. The van der Waals surface area contributed by atoms with E-state index in [2.05, 4.69) is 41.5 Å². The largest absolute Gasteiger partial charge is 0.347 e. The fraction of sp³-hybridized carbons (Fsp3) is 0.143. The molecule has 0 aliphatic carbocycles. The van der Waals surface area contributed by atoms with Gasteiger partial charge in [-0.3, -0.25) is 0 Å². The van der Waals surface area contributed by atoms with E-state index in [-0.39, 0.29) is 0 Å². The van der Waals surface area contributed by atoms with Gasteiger partial charge in [-0.15, -0.1) is 0 Å². The summed E-state index contributed by atoms with van der Waals surface area (Å²) in [6, 6.07) is 10.3. The molecule has 0 atom stereocenters. The minimum absolute atomic E-state index is 1.32. The summed E-state index contributed by atoms with van der Waals surface area (Å²) in [6.45, 7) is 0.407. The van der Waals surface area contributed by atoms with Crippen LogP contribution in [0, 0.1) is 6.92 Å². The molecule has 1 nitrogen and oxygen atoms in total. The molecule has 1 aromatic carbocycles. The van der Waals surface area contributed by atoms with Crippen LogP contribution in [0.15, 0.2) is 30.3 Å². The zero-order valence-electron chi connectivity index (χ0n) is 6.04. The van der Waals surface area contributed by atoms with Crippen molar-refractivity contribution < 1.29 is 4.89 Å². The zero-order valence-corrected chi connectivity index (χ0v) is 8.44. The van der Waals surface area contributed by atoms with Crippen molar-refractivity contribution in [3.63, 3.8) is 0 Å². The molecule has 0 fully saturated rings. The van der Waals surface area contributed by atoms with Crippen LogP contribution < -0.4 is 0 Å². The van der Waals surface area contributed by atoms with Gasteiger partial charge in [-0.05, 0) is 29.4 Å². The Kier molecular flexibility index (Phi) is 6.99. The van der Waals surface area contributed by atoms with Gasteiger partial charge in [-0.1, -0.05) is 35.9 Å². The third-order valence-corrected chi connectivity index (χ3v) is 0.940. The molecule has 0 spiro atoms. The van der Waals surface area contributed by atoms with Crippen molar-refractivity contribution in [2.45, 2.75) is 6.92 Å². The summed E-state index contributed by atoms with van der Waals surface area (Å²) in [4.78, 5) is 7.65. The van der Waals surface area contributed by atoms with Crippen molar-refractivity contribution in [1.82, 2.24) is 0 Å². The van der Waals surface area contributed by atoms with E-state index in [1.54, 1.807) is 0 Å². The van der Waals surface area contributed by atoms with Gasteiger partial charge in [0.05, 0.1) is 0 Å². The molecule has 0 aromatic heterocycles. The summed E-state index contributed by atoms with van der Waals surface area (Å²) in [5.74, 6) is 0. The van der Waals surface area contributed by atoms with E-state index in [0.29, 0.717) is 0 Å². The lowest BCUT2D eigenvalue weighted by molar-refractivity contribution is 0.654. The van der Waals surface area contributed by atoms with E-state index >= 15 is 0 Å². The highest BCUT2D eigenvalue weighted by molar-refractivity contribution is 7.99. The average Bonchev–Trinajstić information content (AvgIpc) is 1.87. The maximum Gasteiger partial charge on any atom is 0.222 e. The van der Waals surface area contributed by atoms with E-state index < -0.39 is 6.85 Å². The van der Waals surface area contributed by atoms with Crippen molar-refractivity contribution in [2.24, 2.45) is 0 Å². The first kappa shape index (κ1) is 11.2. The van der Waals surface area contributed by atoms with Crippen LogP contribution in [0.3, 0.4) is 0 Å². The summed E-state index contributed by atoms with van der Waals surface area (Å²) in [5, 5.41) is 0. The number of hydrogen-bond donors (Lipinski definition) is 1. The highest BCUT2D eigenvalue weighted by Crippen LogP contribution is 2.40. The van der Waals surface area contributed by atoms with Gasteiger partial charge in [-0.2, -0.15) is 0 Å². The quantitative estimate of drug-likeness (QED) is 0.649. The second kappa shape index (κ2) is 6.87. The Morgan fingerprint density at radius 2 is 1.55 bits per heavy atom. The van der Waals surface area contributed by atoms with E-state index in [1.807, 2.05) is 18.2 Å². The van der Waals surface area contributed by atoms with Crippen LogP contribution in [0.1, 0.15) is 5.56 Å². The number of aryl methyl sites for hydroxylation is 1. The Hall–Kier alpha value is 0.190. The number of halogens is 2. The van der Waals surface area contributed by atoms with Crippen LogP contribution >= 0.6 is 29.3 Å². The molecule has 0 bridgehead atoms. The van der Waals surface area contributed by atoms with Gasteiger partial charge in [0, 0.05) is 0 Å². The average molecular weight is 211 g/mol. The fourth-order valence-corrected chi connectivity index (χ4v) is 0.534. The highest BCUT2D eigenvalue weighted by atomic mass is 35.9. The molecule has 0 radical (unpaired) electrons. The second-order valence-corrected chi connectivity index (χ2v) is 4.74. The summed E-state index contributed by atoms with van der Waals surface area (Å²) in [7, 11) is 0. The lowest BCUT2D eigenvalue weighted by Gasteiger charge is -1.82. The Bertz CT molecular complexity index is 176. The van der Waals surface area contributed by atoms with E-state index in [4.69, 9.17) is 4.89 Å². The van der Waals surface area contributed by atoms with Crippen LogP contribution in [-0.2, 0) is 0 Å². The van der Waals surface area contributed by atoms with Gasteiger partial charge in [-0.25, -0.2) is 0 Å². The van der Waals surface area contributed by atoms with Gasteiger partial charge in [0.25, 0.3) is 0 Å². The number of hydrogen-bond acceptors (Lipinski definition) is 1. The van der Waals surface area contributed by atoms with Crippen molar-refractivity contribution in [2.75, 3.05) is 0 Å². The summed E-state index contributed by atoms with van der Waals surface area (Å²) in [5.41, 5.74) is 1.32. The van der Waals surface area contributed by atoms with E-state index in [9.17, 15) is 0 Å². The molecule has 0 saturated carbocycles. The third-order valence-electron chi connectivity index (χ3n) is 0.940. The van der Waals surface area contributed by atoms with Gasteiger partial charge < -0.3 is 4.89 Å². The smallest absolute Gasteiger partial charge is 0.222 e. The molecule has 62 valence electrons. The molecule has 1 rings (SSSR count). The van der Waals surface area contributed by atoms with E-state index in [1.165, 1.54) is 5.56 Å². The van der Waals surface area contributed by atoms with Crippen LogP contribution in [-0.4, -0.2) is 4.89 Å². The molecule has 0 unspecified atom stereocenters. The van der Waals surface area contributed by atoms with Crippen molar-refractivity contribution in [1.29, 1.82) is 0 Å². The summed E-state index contributed by atoms with van der Waals surface area (Å²) in [6.07, 6.45) is 0. The Labute approximate surface area is 77.4 Å². The minimum Gasteiger partial charge on any atom is -0.347 e. The first-order valence-electron chi connectivity index (χ1n) is 2.95. The molecule has 0 aliphatic rings. The standard InChI is InChI=1S/C7H8.Cl2HOP/c1-7-5-3-2-4-6-7;1-4(2)3/h2-6H,1H3;3H. The SMILES string of the molecule is Cc1ccccc1.OP(Cl)Cl. The van der Waals surface area contributed by atoms with Crippen molar-refractivity contribution in [3.05, 3.63) is 35.9 Å². The second-order valence-electron chi connectivity index (χ2n) is 1.87. The van der Waals surface area contributed by atoms with Crippen LogP contribution in [0.4, 0.5) is 0 Å². The molecular formula is C7H9Cl2OP. The highest BCUT2D eigenvalue weighted by Gasteiger charge is 1.79. The lowest BCUT2D eigenvalue weighted by atomic mass is 10.2. The molecule has 4 heteroatoms. The van der Waals surface area contributed by atoms with Gasteiger partial charge in [0.1, 0.15) is 0 Å². The van der Waals surface area contributed by atoms with Gasteiger partial charge >= 0.3 is 0 Å². The monoisotopic (exact) mass is 210 g/mol. The molecule has 1 N–H and O–H groups in total. The Morgan fingerprint density at radius 1 is 1.18 bits per heavy atom. The lowest BCUT2D eigenvalue weighted by Crippen LogP contribution is -1.62. The van der Waals surface area contributed by atoms with Gasteiger partial charge in [0.15, 0.2) is 0 Å². The van der Waals surface area contributed by atoms with E-state index in [0.717, 1.165) is 0 Å². The topological polar surface area (TPSA) is 20.2 Å². The maximum atomic E-state index is 7.65. The third kappa shape index (κ3) is 10.2. The molecular weight excluding hydrogens is 202 g/mol. The Morgan fingerprint density at radius 3 is 1.73 bits per heavy atom. The van der Waals surface area contributed by atoms with Crippen molar-refractivity contribution >= 4 is 29.3 Å². The fourth-order valence-electron chi connectivity index (χ4n) is 0.534. The predicted octanol–water partition coefficient (Wildman–Crippen LogP) is 3.68. The normalized spacial score (nSPS) is 8.82. The van der Waals surface area contributed by atoms with Crippen LogP contribution in [0.5, 0.6) is 0 Å². The first-order chi connectivity index (χ1) is 5.13. The molecule has 11 heavy (non-hydrogen) atoms. The van der Waals surface area contributed by atoms with Crippen molar-refractivity contribution in [3.8, 4) is 0 Å². The molecule has 0 saturated heterocycles. The number of benzene rings is 1. The zero-order chi connectivity index (χ0) is 8.69. The molecule has 0 amide bonds. The predicted molar refractivity (Wildman–Crippen MR) is 52.0 cm³/mol.